The van der Waals surface area contributed by atoms with Crippen molar-refractivity contribution in [3.05, 3.63) is 28.8 Å². The summed E-state index contributed by atoms with van der Waals surface area (Å²) in [4.78, 5) is 10.9. The Morgan fingerprint density at radius 3 is 2.72 bits per heavy atom. The van der Waals surface area contributed by atoms with Crippen molar-refractivity contribution in [1.29, 1.82) is 0 Å². The molecule has 0 aliphatic rings. The number of aromatic hydroxyl groups is 1. The quantitative estimate of drug-likeness (QED) is 0.879. The van der Waals surface area contributed by atoms with Gasteiger partial charge in [-0.25, -0.2) is 9.18 Å². The molecule has 5 heteroatoms. The number of carboxylic acid groups (broad SMARTS) is 1. The highest BCUT2D eigenvalue weighted by molar-refractivity contribution is 5.98. The Labute approximate surface area is 103 Å². The predicted octanol–water partition coefficient (Wildman–Crippen LogP) is 3.24. The van der Waals surface area contributed by atoms with Gasteiger partial charge in [-0.05, 0) is 25.0 Å². The van der Waals surface area contributed by atoms with Crippen molar-refractivity contribution < 1.29 is 23.8 Å². The summed E-state index contributed by atoms with van der Waals surface area (Å²) in [5.41, 5.74) is 0.498. The van der Waals surface area contributed by atoms with E-state index in [1.54, 1.807) is 0 Å². The molecule has 0 aliphatic heterocycles. The van der Waals surface area contributed by atoms with Gasteiger partial charge < -0.3 is 14.6 Å². The maximum absolute atomic E-state index is 13.8. The van der Waals surface area contributed by atoms with Crippen molar-refractivity contribution in [2.45, 2.75) is 26.7 Å². The Hall–Kier alpha value is -2.04. The van der Waals surface area contributed by atoms with Crippen molar-refractivity contribution in [3.63, 3.8) is 0 Å². The molecule has 0 saturated heterocycles. The number of rotatable bonds is 3. The first kappa shape index (κ1) is 12.4. The molecule has 0 amide bonds. The average Bonchev–Trinajstić information content (AvgIpc) is 2.65. The van der Waals surface area contributed by atoms with Crippen LogP contribution >= 0.6 is 0 Å². The van der Waals surface area contributed by atoms with Crippen LogP contribution in [0.5, 0.6) is 5.75 Å². The second-order valence-corrected chi connectivity index (χ2v) is 4.18. The van der Waals surface area contributed by atoms with E-state index in [-0.39, 0.29) is 28.0 Å². The number of furan rings is 1. The van der Waals surface area contributed by atoms with Crippen LogP contribution in [0, 0.1) is 12.7 Å². The van der Waals surface area contributed by atoms with Gasteiger partial charge in [0.05, 0.1) is 5.39 Å². The molecular formula is C13H13FO4. The molecule has 1 aromatic carbocycles. The first-order valence-corrected chi connectivity index (χ1v) is 5.64. The van der Waals surface area contributed by atoms with Crippen LogP contribution < -0.4 is 0 Å². The van der Waals surface area contributed by atoms with E-state index in [4.69, 9.17) is 9.52 Å². The van der Waals surface area contributed by atoms with Crippen LogP contribution in [0.4, 0.5) is 4.39 Å². The fourth-order valence-corrected chi connectivity index (χ4v) is 2.08. The maximum Gasteiger partial charge on any atom is 0.372 e. The molecule has 0 spiro atoms. The minimum atomic E-state index is -1.28. The smallest absolute Gasteiger partial charge is 0.372 e. The number of halogens is 1. The van der Waals surface area contributed by atoms with E-state index in [9.17, 15) is 14.3 Å². The summed E-state index contributed by atoms with van der Waals surface area (Å²) in [6.45, 7) is 3.40. The molecule has 2 aromatic rings. The van der Waals surface area contributed by atoms with Crippen molar-refractivity contribution in [1.82, 2.24) is 0 Å². The van der Waals surface area contributed by atoms with Gasteiger partial charge in [0.1, 0.15) is 5.75 Å². The van der Waals surface area contributed by atoms with Crippen LogP contribution in [0.15, 0.2) is 10.5 Å². The van der Waals surface area contributed by atoms with Crippen LogP contribution in [0.2, 0.25) is 0 Å². The highest BCUT2D eigenvalue weighted by Gasteiger charge is 2.23. The van der Waals surface area contributed by atoms with Gasteiger partial charge in [0, 0.05) is 5.56 Å². The number of aryl methyl sites for hydroxylation is 2. The van der Waals surface area contributed by atoms with Crippen LogP contribution in [0.3, 0.4) is 0 Å². The minimum absolute atomic E-state index is 0.0954. The topological polar surface area (TPSA) is 70.7 Å². The van der Waals surface area contributed by atoms with Gasteiger partial charge in [0.2, 0.25) is 5.76 Å². The van der Waals surface area contributed by atoms with Crippen LogP contribution in [0.1, 0.15) is 35.0 Å². The standard InChI is InChI=1S/C13H13FO4/c1-3-4-7-5-8(14)12-9(10(7)15)6(2)11(18-12)13(16)17/h5,15H,3-4H2,1-2H3,(H,16,17). The van der Waals surface area contributed by atoms with E-state index >= 15 is 0 Å². The lowest BCUT2D eigenvalue weighted by Crippen LogP contribution is -1.95. The Morgan fingerprint density at radius 1 is 1.50 bits per heavy atom. The molecule has 0 atom stereocenters. The third-order valence-corrected chi connectivity index (χ3v) is 2.92. The van der Waals surface area contributed by atoms with Crippen LogP contribution in [0.25, 0.3) is 11.0 Å². The molecular weight excluding hydrogens is 239 g/mol. The molecule has 0 unspecified atom stereocenters. The summed E-state index contributed by atoms with van der Waals surface area (Å²) in [5, 5.41) is 19.1. The number of fused-ring (bicyclic) bond motifs is 1. The summed E-state index contributed by atoms with van der Waals surface area (Å²) in [5.74, 6) is -2.36. The molecule has 1 heterocycles. The van der Waals surface area contributed by atoms with Gasteiger partial charge in [-0.2, -0.15) is 0 Å². The highest BCUT2D eigenvalue weighted by Crippen LogP contribution is 2.37. The van der Waals surface area contributed by atoms with Gasteiger partial charge in [-0.3, -0.25) is 0 Å². The largest absolute Gasteiger partial charge is 0.507 e. The number of benzene rings is 1. The fraction of sp³-hybridized carbons (Fsp3) is 0.308. The van der Waals surface area contributed by atoms with E-state index in [0.717, 1.165) is 6.42 Å². The number of hydrogen-bond donors (Lipinski definition) is 2. The zero-order valence-electron chi connectivity index (χ0n) is 10.1. The Morgan fingerprint density at radius 2 is 2.17 bits per heavy atom. The zero-order valence-corrected chi connectivity index (χ0v) is 10.1. The minimum Gasteiger partial charge on any atom is -0.507 e. The molecule has 18 heavy (non-hydrogen) atoms. The zero-order chi connectivity index (χ0) is 13.4. The van der Waals surface area contributed by atoms with Crippen molar-refractivity contribution >= 4 is 16.9 Å². The summed E-state index contributed by atoms with van der Waals surface area (Å²) in [6.07, 6.45) is 1.27. The lowest BCUT2D eigenvalue weighted by molar-refractivity contribution is 0.0663. The Balaban J connectivity index is 2.82. The molecule has 0 bridgehead atoms. The van der Waals surface area contributed by atoms with Crippen LogP contribution in [-0.4, -0.2) is 16.2 Å². The number of aromatic carboxylic acids is 1. The maximum atomic E-state index is 13.8. The van der Waals surface area contributed by atoms with Crippen molar-refractivity contribution in [3.8, 4) is 5.75 Å². The fourth-order valence-electron chi connectivity index (χ4n) is 2.08. The summed E-state index contributed by atoms with van der Waals surface area (Å²) >= 11 is 0. The first-order valence-electron chi connectivity index (χ1n) is 5.64. The van der Waals surface area contributed by atoms with Crippen molar-refractivity contribution in [2.75, 3.05) is 0 Å². The number of carbonyl (C=O) groups is 1. The van der Waals surface area contributed by atoms with E-state index in [1.807, 2.05) is 6.92 Å². The van der Waals surface area contributed by atoms with E-state index in [2.05, 4.69) is 0 Å². The number of phenols is 1. The second-order valence-electron chi connectivity index (χ2n) is 4.18. The predicted molar refractivity (Wildman–Crippen MR) is 63.5 cm³/mol. The first-order chi connectivity index (χ1) is 8.47. The molecule has 2 rings (SSSR count). The Kier molecular flexibility index (Phi) is 2.98. The van der Waals surface area contributed by atoms with E-state index < -0.39 is 11.8 Å². The van der Waals surface area contributed by atoms with Gasteiger partial charge in [0.15, 0.2) is 11.4 Å². The Bertz CT molecular complexity index is 628. The molecule has 0 fully saturated rings. The molecule has 2 N–H and O–H groups in total. The third kappa shape index (κ3) is 1.72. The van der Waals surface area contributed by atoms with Gasteiger partial charge in [-0.15, -0.1) is 0 Å². The molecule has 1 aromatic heterocycles. The summed E-state index contributed by atoms with van der Waals surface area (Å²) in [6, 6.07) is 1.19. The van der Waals surface area contributed by atoms with Gasteiger partial charge in [0.25, 0.3) is 0 Å². The summed E-state index contributed by atoms with van der Waals surface area (Å²) in [7, 11) is 0. The number of carboxylic acids is 1. The molecule has 0 radical (unpaired) electrons. The lowest BCUT2D eigenvalue weighted by atomic mass is 10.0. The molecule has 4 nitrogen and oxygen atoms in total. The van der Waals surface area contributed by atoms with Crippen LogP contribution in [-0.2, 0) is 6.42 Å². The monoisotopic (exact) mass is 252 g/mol. The molecule has 0 aliphatic carbocycles. The second kappa shape index (κ2) is 4.33. The van der Waals surface area contributed by atoms with Gasteiger partial charge >= 0.3 is 5.97 Å². The SMILES string of the molecule is CCCc1cc(F)c2oc(C(=O)O)c(C)c2c1O. The molecule has 0 saturated carbocycles. The van der Waals surface area contributed by atoms with E-state index in [1.165, 1.54) is 13.0 Å². The normalized spacial score (nSPS) is 11.1. The average molecular weight is 252 g/mol. The van der Waals surface area contributed by atoms with Gasteiger partial charge in [-0.1, -0.05) is 13.3 Å². The highest BCUT2D eigenvalue weighted by atomic mass is 19.1. The molecule has 96 valence electrons. The van der Waals surface area contributed by atoms with Crippen molar-refractivity contribution in [2.24, 2.45) is 0 Å². The van der Waals surface area contributed by atoms with E-state index in [0.29, 0.717) is 12.0 Å². The summed E-state index contributed by atoms with van der Waals surface area (Å²) < 4.78 is 18.8. The number of hydrogen-bond acceptors (Lipinski definition) is 3. The lowest BCUT2D eigenvalue weighted by Gasteiger charge is -2.05. The number of phenolic OH excluding ortho intramolecular Hbond substituents is 1. The third-order valence-electron chi connectivity index (χ3n) is 2.92.